The molecule has 0 aliphatic carbocycles. The van der Waals surface area contributed by atoms with E-state index in [9.17, 15) is 0 Å². The molecule has 0 unspecified atom stereocenters. The lowest BCUT2D eigenvalue weighted by molar-refractivity contribution is -0.607. The summed E-state index contributed by atoms with van der Waals surface area (Å²) >= 11 is 0. The molecule has 0 saturated heterocycles. The van der Waals surface area contributed by atoms with Gasteiger partial charge in [-0.3, -0.25) is 0 Å². The first-order valence-corrected chi connectivity index (χ1v) is 8.69. The summed E-state index contributed by atoms with van der Waals surface area (Å²) in [5, 5.41) is 4.70. The minimum absolute atomic E-state index is 0.802. The van der Waals surface area contributed by atoms with E-state index in [2.05, 4.69) is 73.0 Å². The molecule has 0 aliphatic heterocycles. The molecule has 0 spiro atoms. The average molecular weight is 344 g/mol. The molecule has 130 valence electrons. The quantitative estimate of drug-likeness (QED) is 0.493. The van der Waals surface area contributed by atoms with Crippen LogP contribution in [0.5, 0.6) is 11.5 Å². The van der Waals surface area contributed by atoms with Gasteiger partial charge in [-0.1, -0.05) is 24.3 Å². The van der Waals surface area contributed by atoms with Crippen molar-refractivity contribution >= 4 is 21.5 Å². The highest BCUT2D eigenvalue weighted by atomic mass is 16.5. The van der Waals surface area contributed by atoms with Gasteiger partial charge in [-0.25, -0.2) is 0 Å². The zero-order valence-electron chi connectivity index (χ0n) is 15.5. The summed E-state index contributed by atoms with van der Waals surface area (Å²) in [5.74, 6) is 1.63. The topological polar surface area (TPSA) is 22.3 Å². The first-order chi connectivity index (χ1) is 12.6. The van der Waals surface area contributed by atoms with Gasteiger partial charge in [0.1, 0.15) is 11.5 Å². The standard InChI is InChI=1S/C23H22NO2/c1-15-11-19-13-21(25-3)14-22(26-4)23(19)16(2)24(15)20-10-9-17-7-5-6-8-18(17)12-20/h5-14H,1-4H3/q+1. The maximum Gasteiger partial charge on any atom is 0.211 e. The van der Waals surface area contributed by atoms with Crippen LogP contribution in [0.15, 0.2) is 60.7 Å². The van der Waals surface area contributed by atoms with Gasteiger partial charge >= 0.3 is 0 Å². The van der Waals surface area contributed by atoms with Crippen LogP contribution in [0.2, 0.25) is 0 Å². The lowest BCUT2D eigenvalue weighted by atomic mass is 10.0. The second-order valence-electron chi connectivity index (χ2n) is 6.53. The second kappa shape index (κ2) is 6.34. The van der Waals surface area contributed by atoms with Crippen LogP contribution in [-0.4, -0.2) is 14.2 Å². The van der Waals surface area contributed by atoms with E-state index in [1.807, 2.05) is 6.07 Å². The third kappa shape index (κ3) is 2.57. The Labute approximate surface area is 153 Å². The fourth-order valence-electron chi connectivity index (χ4n) is 3.77. The second-order valence-corrected chi connectivity index (χ2v) is 6.53. The van der Waals surface area contributed by atoms with Crippen LogP contribution in [-0.2, 0) is 0 Å². The number of aromatic nitrogens is 1. The number of rotatable bonds is 3. The minimum Gasteiger partial charge on any atom is -0.497 e. The lowest BCUT2D eigenvalue weighted by Crippen LogP contribution is -2.37. The van der Waals surface area contributed by atoms with E-state index in [4.69, 9.17) is 9.47 Å². The Bertz CT molecular complexity index is 1130. The number of fused-ring (bicyclic) bond motifs is 2. The number of hydrogen-bond donors (Lipinski definition) is 0. The lowest BCUT2D eigenvalue weighted by Gasteiger charge is -2.12. The molecule has 0 atom stereocenters. The SMILES string of the molecule is COc1cc(OC)c2c(C)[n+](-c3ccc4ccccc4c3)c(C)cc2c1. The van der Waals surface area contributed by atoms with Gasteiger partial charge in [0.05, 0.1) is 19.6 Å². The Morgan fingerprint density at radius 2 is 1.50 bits per heavy atom. The summed E-state index contributed by atoms with van der Waals surface area (Å²) in [5.41, 5.74) is 3.47. The predicted octanol–water partition coefficient (Wildman–Crippen LogP) is 4.90. The van der Waals surface area contributed by atoms with Gasteiger partial charge in [-0.05, 0) is 22.9 Å². The Balaban J connectivity index is 2.02. The summed E-state index contributed by atoms with van der Waals surface area (Å²) in [6.07, 6.45) is 0. The third-order valence-corrected chi connectivity index (χ3v) is 4.97. The van der Waals surface area contributed by atoms with E-state index >= 15 is 0 Å². The number of aryl methyl sites for hydroxylation is 2. The highest BCUT2D eigenvalue weighted by molar-refractivity contribution is 5.91. The Kier molecular flexibility index (Phi) is 4.00. The highest BCUT2D eigenvalue weighted by Crippen LogP contribution is 2.33. The first kappa shape index (κ1) is 16.4. The Morgan fingerprint density at radius 3 is 2.23 bits per heavy atom. The van der Waals surface area contributed by atoms with Crippen LogP contribution < -0.4 is 14.0 Å². The highest BCUT2D eigenvalue weighted by Gasteiger charge is 2.21. The number of ether oxygens (including phenoxy) is 2. The predicted molar refractivity (Wildman–Crippen MR) is 106 cm³/mol. The van der Waals surface area contributed by atoms with Crippen molar-refractivity contribution in [1.82, 2.24) is 0 Å². The maximum atomic E-state index is 5.66. The van der Waals surface area contributed by atoms with Gasteiger partial charge in [0.25, 0.3) is 0 Å². The van der Waals surface area contributed by atoms with Gasteiger partial charge in [0.15, 0.2) is 11.4 Å². The molecule has 26 heavy (non-hydrogen) atoms. The molecule has 3 nitrogen and oxygen atoms in total. The monoisotopic (exact) mass is 344 g/mol. The molecule has 0 radical (unpaired) electrons. The average Bonchev–Trinajstić information content (AvgIpc) is 2.66. The zero-order chi connectivity index (χ0) is 18.3. The molecule has 0 amide bonds. The van der Waals surface area contributed by atoms with Crippen molar-refractivity contribution in [3.63, 3.8) is 0 Å². The Hall–Kier alpha value is -3.07. The van der Waals surface area contributed by atoms with Crippen molar-refractivity contribution in [3.05, 3.63) is 72.1 Å². The number of benzene rings is 3. The van der Waals surface area contributed by atoms with Crippen LogP contribution in [0.4, 0.5) is 0 Å². The van der Waals surface area contributed by atoms with Crippen molar-refractivity contribution < 1.29 is 14.0 Å². The van der Waals surface area contributed by atoms with E-state index in [0.717, 1.165) is 33.7 Å². The van der Waals surface area contributed by atoms with Gasteiger partial charge < -0.3 is 9.47 Å². The number of hydrogen-bond acceptors (Lipinski definition) is 2. The van der Waals surface area contributed by atoms with Crippen LogP contribution in [0.1, 0.15) is 11.4 Å². The van der Waals surface area contributed by atoms with Gasteiger partial charge in [-0.2, -0.15) is 4.57 Å². The van der Waals surface area contributed by atoms with E-state index in [-0.39, 0.29) is 0 Å². The molecule has 3 heteroatoms. The summed E-state index contributed by atoms with van der Waals surface area (Å²) in [6, 6.07) is 21.2. The molecule has 0 fully saturated rings. The molecule has 4 rings (SSSR count). The summed E-state index contributed by atoms with van der Waals surface area (Å²) in [6.45, 7) is 4.27. The van der Waals surface area contributed by atoms with E-state index in [1.54, 1.807) is 14.2 Å². The number of nitrogens with zero attached hydrogens (tertiary/aromatic N) is 1. The molecular weight excluding hydrogens is 322 g/mol. The van der Waals surface area contributed by atoms with Crippen molar-refractivity contribution in [3.8, 4) is 17.2 Å². The van der Waals surface area contributed by atoms with Gasteiger partial charge in [0.2, 0.25) is 5.69 Å². The van der Waals surface area contributed by atoms with Crippen LogP contribution in [0, 0.1) is 13.8 Å². The van der Waals surface area contributed by atoms with Crippen molar-refractivity contribution in [2.24, 2.45) is 0 Å². The molecule has 4 aromatic rings. The van der Waals surface area contributed by atoms with Crippen molar-refractivity contribution in [1.29, 1.82) is 0 Å². The van der Waals surface area contributed by atoms with Crippen molar-refractivity contribution in [2.75, 3.05) is 14.2 Å². The molecule has 0 bridgehead atoms. The first-order valence-electron chi connectivity index (χ1n) is 8.69. The third-order valence-electron chi connectivity index (χ3n) is 4.97. The molecule has 0 N–H and O–H groups in total. The smallest absolute Gasteiger partial charge is 0.211 e. The van der Waals surface area contributed by atoms with Gasteiger partial charge in [-0.15, -0.1) is 0 Å². The number of methoxy groups -OCH3 is 2. The van der Waals surface area contributed by atoms with E-state index < -0.39 is 0 Å². The molecular formula is C23H22NO2+. The molecule has 0 saturated carbocycles. The zero-order valence-corrected chi connectivity index (χ0v) is 15.5. The normalized spacial score (nSPS) is 11.1. The van der Waals surface area contributed by atoms with Crippen LogP contribution >= 0.6 is 0 Å². The van der Waals surface area contributed by atoms with E-state index in [0.29, 0.717) is 0 Å². The summed E-state index contributed by atoms with van der Waals surface area (Å²) in [4.78, 5) is 0. The molecule has 3 aromatic carbocycles. The molecule has 1 aromatic heterocycles. The van der Waals surface area contributed by atoms with Crippen LogP contribution in [0.25, 0.3) is 27.2 Å². The van der Waals surface area contributed by atoms with E-state index in [1.165, 1.54) is 16.5 Å². The van der Waals surface area contributed by atoms with Crippen molar-refractivity contribution in [2.45, 2.75) is 13.8 Å². The largest absolute Gasteiger partial charge is 0.497 e. The Morgan fingerprint density at radius 1 is 0.731 bits per heavy atom. The summed E-state index contributed by atoms with van der Waals surface area (Å²) in [7, 11) is 3.38. The van der Waals surface area contributed by atoms with Crippen LogP contribution in [0.3, 0.4) is 0 Å². The minimum atomic E-state index is 0.802. The van der Waals surface area contributed by atoms with Gasteiger partial charge in [0, 0.05) is 43.5 Å². The fraction of sp³-hybridized carbons (Fsp3) is 0.174. The number of pyridine rings is 1. The summed E-state index contributed by atoms with van der Waals surface area (Å²) < 4.78 is 13.4. The fourth-order valence-corrected chi connectivity index (χ4v) is 3.77. The molecule has 1 heterocycles. The maximum absolute atomic E-state index is 5.66. The molecule has 0 aliphatic rings.